The molecule has 0 aromatic rings. The molecular weight excluding hydrogens is 254 g/mol. The van der Waals surface area contributed by atoms with Crippen molar-refractivity contribution in [1.82, 2.24) is 0 Å². The van der Waals surface area contributed by atoms with Crippen molar-refractivity contribution in [2.75, 3.05) is 0 Å². The van der Waals surface area contributed by atoms with Crippen LogP contribution in [0.1, 0.15) is 0 Å². The zero-order valence-corrected chi connectivity index (χ0v) is 8.51. The summed E-state index contributed by atoms with van der Waals surface area (Å²) in [5.41, 5.74) is 0. The van der Waals surface area contributed by atoms with Crippen LogP contribution in [0.5, 0.6) is 0 Å². The van der Waals surface area contributed by atoms with Gasteiger partial charge >= 0.3 is 38.3 Å². The zero-order chi connectivity index (χ0) is 0. The Bertz CT molecular complexity index is 8.49. The molecule has 0 atom stereocenters. The molecule has 0 fully saturated rings. The van der Waals surface area contributed by atoms with E-state index in [0.29, 0.717) is 0 Å². The van der Waals surface area contributed by atoms with Crippen LogP contribution >= 0.6 is 0 Å². The fourth-order valence-corrected chi connectivity index (χ4v) is 0. The van der Waals surface area contributed by atoms with E-state index in [1.165, 1.54) is 0 Å². The largest absolute Gasteiger partial charge is 4.00 e. The Morgan fingerprint density at radius 1 is 0.375 bits per heavy atom. The maximum atomic E-state index is 0. The Labute approximate surface area is 66.8 Å². The van der Waals surface area contributed by atoms with Gasteiger partial charge in [-0.05, 0) is 0 Å². The summed E-state index contributed by atoms with van der Waals surface area (Å²) >= 11 is 0. The number of rotatable bonds is 0. The maximum Gasteiger partial charge on any atom is 4.00 e. The van der Waals surface area contributed by atoms with Crippen LogP contribution < -0.4 is 28.2 Å². The second-order valence-corrected chi connectivity index (χ2v) is 0. The molecule has 8 heavy (non-hydrogen) atoms. The minimum atomic E-state index is 0. The molecule has 0 spiro atoms. The summed E-state index contributed by atoms with van der Waals surface area (Å²) < 4.78 is 0. The van der Waals surface area contributed by atoms with Crippen molar-refractivity contribution in [3.8, 4) is 0 Å². The molecule has 0 aliphatic heterocycles. The van der Waals surface area contributed by atoms with Crippen LogP contribution in [0.15, 0.2) is 0 Å². The molecule has 0 amide bonds. The van der Waals surface area contributed by atoms with Crippen molar-refractivity contribution in [2.45, 2.75) is 0 Å². The molecule has 0 heterocycles. The van der Waals surface area contributed by atoms with E-state index in [4.69, 9.17) is 0 Å². The van der Waals surface area contributed by atoms with E-state index >= 15 is 0 Å². The van der Waals surface area contributed by atoms with Gasteiger partial charge in [0.15, 0.2) is 0 Å². The summed E-state index contributed by atoms with van der Waals surface area (Å²) in [5.74, 6) is 0. The molecule has 0 radical (unpaired) electrons. The quantitative estimate of drug-likeness (QED) is 0.298. The van der Waals surface area contributed by atoms with Crippen LogP contribution in [-0.2, 0) is 27.3 Å². The summed E-state index contributed by atoms with van der Waals surface area (Å²) in [6, 6.07) is 0. The minimum Gasteiger partial charge on any atom is -1.00 e. The van der Waals surface area contributed by atoms with E-state index in [1.54, 1.807) is 0 Å². The average Bonchev–Trinajstić information content (AvgIpc) is 0. The minimum absolute atomic E-state index is 0. The van der Waals surface area contributed by atoms with E-state index in [2.05, 4.69) is 0 Å². The molecule has 0 unspecified atom stereocenters. The van der Waals surface area contributed by atoms with E-state index in [9.17, 15) is 0 Å². The Morgan fingerprint density at radius 3 is 0.375 bits per heavy atom. The Balaban J connectivity index is 0. The Morgan fingerprint density at radius 2 is 0.375 bits per heavy atom. The van der Waals surface area contributed by atoms with Crippen molar-refractivity contribution >= 4 is 11.0 Å². The van der Waals surface area contributed by atoms with Crippen molar-refractivity contribution in [3.63, 3.8) is 0 Å². The molecule has 0 saturated heterocycles. The Hall–Kier alpha value is 0.719. The molecule has 0 aromatic carbocycles. The molecule has 48 valence electrons. The predicted octanol–water partition coefficient (Wildman–Crippen LogP) is -18.4. The molecule has 0 aromatic heterocycles. The van der Waals surface area contributed by atoms with Gasteiger partial charge in [0.05, 0.1) is 0 Å². The van der Waals surface area contributed by atoms with Crippen LogP contribution in [0.4, 0.5) is 0 Å². The second-order valence-electron chi connectivity index (χ2n) is 0. The van der Waals surface area contributed by atoms with Gasteiger partial charge in [0, 0.05) is 0 Å². The van der Waals surface area contributed by atoms with Crippen LogP contribution in [0.3, 0.4) is 0 Å². The molecule has 0 aliphatic rings. The molecule has 0 aliphatic carbocycles. The van der Waals surface area contributed by atoms with Gasteiger partial charge < -0.3 is 28.2 Å². The molecule has 0 rings (SSSR count). The third kappa shape index (κ3) is 425. The van der Waals surface area contributed by atoms with Crippen LogP contribution in [0.2, 0.25) is 0 Å². The molecule has 0 nitrogen and oxygen atoms in total. The van der Waals surface area contributed by atoms with Crippen molar-refractivity contribution in [2.24, 2.45) is 0 Å². The predicted molar refractivity (Wildman–Crippen MR) is 5.75 cm³/mol. The summed E-state index contributed by atoms with van der Waals surface area (Å²) in [6.45, 7) is 0. The zero-order valence-electron chi connectivity index (χ0n) is 3.47. The van der Waals surface area contributed by atoms with Crippen molar-refractivity contribution in [3.05, 3.63) is 0 Å². The van der Waals surface area contributed by atoms with E-state index in [-0.39, 0.29) is 66.5 Å². The summed E-state index contributed by atoms with van der Waals surface area (Å²) in [5, 5.41) is 0. The third-order valence-corrected chi connectivity index (χ3v) is 0. The summed E-state index contributed by atoms with van der Waals surface area (Å²) in [4.78, 5) is 0. The first kappa shape index (κ1) is 1010. The third-order valence-electron chi connectivity index (χ3n) is 0. The average molecular weight is 254 g/mol. The monoisotopic (exact) mass is 256 g/mol. The van der Waals surface area contributed by atoms with Gasteiger partial charge in [-0.1, -0.05) is 0 Å². The standard InChI is InChI=1S/Cd.6FH.Si/h;6*1H;/q+2;;;;;;;+4/p-6. The van der Waals surface area contributed by atoms with Gasteiger partial charge in [0.2, 0.25) is 0 Å². The first-order valence-electron chi connectivity index (χ1n) is 0. The van der Waals surface area contributed by atoms with E-state index in [0.717, 1.165) is 0 Å². The van der Waals surface area contributed by atoms with Crippen molar-refractivity contribution < 1.29 is 55.5 Å². The normalized spacial score (nSPS) is 0. The van der Waals surface area contributed by atoms with Gasteiger partial charge in [0.1, 0.15) is 0 Å². The van der Waals surface area contributed by atoms with Gasteiger partial charge in [0.25, 0.3) is 0 Å². The first-order valence-corrected chi connectivity index (χ1v) is 0. The summed E-state index contributed by atoms with van der Waals surface area (Å²) in [7, 11) is 0. The van der Waals surface area contributed by atoms with E-state index < -0.39 is 0 Å². The molecule has 0 bridgehead atoms. The fourth-order valence-electron chi connectivity index (χ4n) is 0. The van der Waals surface area contributed by atoms with Crippen molar-refractivity contribution in [1.29, 1.82) is 0 Å². The van der Waals surface area contributed by atoms with Crippen LogP contribution in [-0.4, -0.2) is 11.0 Å². The maximum absolute atomic E-state index is 0. The van der Waals surface area contributed by atoms with E-state index in [1.807, 2.05) is 0 Å². The molecule has 8 heteroatoms. The van der Waals surface area contributed by atoms with Crippen LogP contribution in [0, 0.1) is 0 Å². The summed E-state index contributed by atoms with van der Waals surface area (Å²) in [6.07, 6.45) is 0. The SMILES string of the molecule is [Cd+2].[F-].[F-].[F-].[F-].[F-].[F-].[Si+4]. The van der Waals surface area contributed by atoms with Crippen LogP contribution in [0.25, 0.3) is 0 Å². The van der Waals surface area contributed by atoms with Gasteiger partial charge in [-0.25, -0.2) is 0 Å². The molecule has 0 N–H and O–H groups in total. The smallest absolute Gasteiger partial charge is 1.00 e. The topological polar surface area (TPSA) is 0 Å². The first-order chi connectivity index (χ1) is 0. The van der Waals surface area contributed by atoms with Gasteiger partial charge in [-0.2, -0.15) is 0 Å². The Kier molecular flexibility index (Phi) is 84700. The van der Waals surface area contributed by atoms with Gasteiger partial charge in [-0.3, -0.25) is 0 Å². The molecular formula is CdF6Si. The van der Waals surface area contributed by atoms with Gasteiger partial charge in [-0.15, -0.1) is 0 Å². The fraction of sp³-hybridized carbons (Fsp3) is 0. The number of hydrogen-bond donors (Lipinski definition) is 0. The second kappa shape index (κ2) is 674. The number of halogens is 6. The molecule has 0 saturated carbocycles. The number of hydrogen-bond acceptors (Lipinski definition) is 0.